The van der Waals surface area contributed by atoms with E-state index < -0.39 is 0 Å². The maximum atomic E-state index is 7.57. The molecule has 0 saturated heterocycles. The fraction of sp³-hybridized carbons (Fsp3) is 1.00. The zero-order valence-electron chi connectivity index (χ0n) is 41.3. The minimum Gasteiger partial charge on any atom is -0.397 e. The van der Waals surface area contributed by atoms with Gasteiger partial charge < -0.3 is 40.9 Å². The fourth-order valence-corrected chi connectivity index (χ4v) is 6.01. The Bertz CT molecular complexity index is 290. The van der Waals surface area contributed by atoms with Gasteiger partial charge in [0.1, 0.15) is 0 Å². The summed E-state index contributed by atoms with van der Waals surface area (Å²) in [5.41, 5.74) is 0. The molecule has 364 valence electrons. The first-order valence-corrected chi connectivity index (χ1v) is 25.2. The molecule has 0 aromatic rings. The van der Waals surface area contributed by atoms with Crippen molar-refractivity contribution < 1.29 is 40.9 Å². The molecular weight excluding hydrogens is 729 g/mol. The Labute approximate surface area is 366 Å². The molecule has 1 fully saturated rings. The quantitative estimate of drug-likeness (QED) is 0.120. The van der Waals surface area contributed by atoms with Crippen LogP contribution in [0.3, 0.4) is 0 Å². The van der Waals surface area contributed by atoms with Crippen molar-refractivity contribution >= 4 is 0 Å². The molecule has 1 rings (SSSR count). The van der Waals surface area contributed by atoms with Gasteiger partial charge in [-0.1, -0.05) is 218 Å². The van der Waals surface area contributed by atoms with E-state index in [0.717, 1.165) is 0 Å². The molecule has 0 atom stereocenters. The second kappa shape index (κ2) is 101. The van der Waals surface area contributed by atoms with Gasteiger partial charge in [-0.15, -0.1) is 0 Å². The van der Waals surface area contributed by atoms with Crippen LogP contribution in [0.25, 0.3) is 0 Å². The lowest BCUT2D eigenvalue weighted by molar-refractivity contribution is 0.318. The van der Waals surface area contributed by atoms with Crippen LogP contribution in [0, 0.1) is 0 Å². The molecule has 0 spiro atoms. The monoisotopic (exact) mass is 845 g/mol. The standard InChI is InChI=1S/C34H68.8C2H6O/c1-2-4-6-8-10-12-14-16-18-20-22-24-26-28-30-32-34-33-31-29-27-25-23-21-19-17-15-13-11-9-7-5-3-1;8*1-2-3/h1-34H2;8*3H,2H2,1H3. The average Bonchev–Trinajstić information content (AvgIpc) is 3.18. The number of aliphatic hydroxyl groups excluding tert-OH is 8. The second-order valence-corrected chi connectivity index (χ2v) is 14.6. The summed E-state index contributed by atoms with van der Waals surface area (Å²) in [6.07, 6.45) is 51.0. The van der Waals surface area contributed by atoms with Gasteiger partial charge in [-0.25, -0.2) is 0 Å². The van der Waals surface area contributed by atoms with Crippen LogP contribution in [-0.4, -0.2) is 93.7 Å². The first kappa shape index (κ1) is 75.1. The smallest absolute Gasteiger partial charge is 0.0402 e. The van der Waals surface area contributed by atoms with Crippen LogP contribution in [0.1, 0.15) is 274 Å². The summed E-state index contributed by atoms with van der Waals surface area (Å²) in [4.78, 5) is 0. The number of aliphatic hydroxyl groups is 8. The molecule has 0 aliphatic heterocycles. The number of hydrogen-bond donors (Lipinski definition) is 8. The Morgan fingerprint density at radius 2 is 0.155 bits per heavy atom. The van der Waals surface area contributed by atoms with E-state index in [4.69, 9.17) is 40.9 Å². The Morgan fingerprint density at radius 1 is 0.138 bits per heavy atom. The van der Waals surface area contributed by atoms with E-state index in [1.165, 1.54) is 218 Å². The van der Waals surface area contributed by atoms with E-state index in [0.29, 0.717) is 0 Å². The van der Waals surface area contributed by atoms with E-state index in [1.807, 2.05) is 0 Å². The van der Waals surface area contributed by atoms with Crippen molar-refractivity contribution in [1.29, 1.82) is 0 Å². The lowest BCUT2D eigenvalue weighted by Gasteiger charge is -2.05. The van der Waals surface area contributed by atoms with Crippen LogP contribution in [0.15, 0.2) is 0 Å². The molecule has 0 amide bonds. The lowest BCUT2D eigenvalue weighted by Crippen LogP contribution is -1.85. The largest absolute Gasteiger partial charge is 0.397 e. The highest BCUT2D eigenvalue weighted by molar-refractivity contribution is 4.54. The van der Waals surface area contributed by atoms with Gasteiger partial charge in [0.25, 0.3) is 0 Å². The highest BCUT2D eigenvalue weighted by Crippen LogP contribution is 2.18. The number of rotatable bonds is 0. The van der Waals surface area contributed by atoms with Crippen molar-refractivity contribution in [3.63, 3.8) is 0 Å². The molecule has 0 heterocycles. The molecule has 58 heavy (non-hydrogen) atoms. The van der Waals surface area contributed by atoms with Crippen molar-refractivity contribution in [1.82, 2.24) is 0 Å². The maximum Gasteiger partial charge on any atom is 0.0402 e. The first-order chi connectivity index (χ1) is 28.3. The van der Waals surface area contributed by atoms with Gasteiger partial charge in [-0.3, -0.25) is 0 Å². The van der Waals surface area contributed by atoms with E-state index >= 15 is 0 Å². The Balaban J connectivity index is -0.000000142. The van der Waals surface area contributed by atoms with E-state index in [2.05, 4.69) is 0 Å². The molecule has 1 aliphatic carbocycles. The van der Waals surface area contributed by atoms with Crippen LogP contribution >= 0.6 is 0 Å². The molecule has 0 bridgehead atoms. The van der Waals surface area contributed by atoms with Crippen LogP contribution in [0.5, 0.6) is 0 Å². The predicted octanol–water partition coefficient (Wildman–Crippen LogP) is 13.3. The summed E-state index contributed by atoms with van der Waals surface area (Å²) < 4.78 is 0. The van der Waals surface area contributed by atoms with Crippen molar-refractivity contribution in [2.75, 3.05) is 52.9 Å². The normalized spacial score (nSPS) is 16.6. The van der Waals surface area contributed by atoms with Crippen LogP contribution in [0.2, 0.25) is 0 Å². The van der Waals surface area contributed by atoms with Gasteiger partial charge >= 0.3 is 0 Å². The second-order valence-electron chi connectivity index (χ2n) is 14.6. The Morgan fingerprint density at radius 3 is 0.172 bits per heavy atom. The molecule has 8 heteroatoms. The van der Waals surface area contributed by atoms with Crippen LogP contribution in [-0.2, 0) is 0 Å². The third-order valence-electron chi connectivity index (χ3n) is 8.50. The minimum atomic E-state index is 0.250. The van der Waals surface area contributed by atoms with Gasteiger partial charge in [0.2, 0.25) is 0 Å². The predicted molar refractivity (Wildman–Crippen MR) is 259 cm³/mol. The van der Waals surface area contributed by atoms with E-state index in [-0.39, 0.29) is 52.9 Å². The summed E-state index contributed by atoms with van der Waals surface area (Å²) in [6.45, 7) is 15.4. The summed E-state index contributed by atoms with van der Waals surface area (Å²) in [5, 5.41) is 60.6. The van der Waals surface area contributed by atoms with Gasteiger partial charge in [-0.2, -0.15) is 0 Å². The van der Waals surface area contributed by atoms with Crippen LogP contribution in [0.4, 0.5) is 0 Å². The molecular formula is C50H116O8. The molecule has 0 unspecified atom stereocenters. The van der Waals surface area contributed by atoms with Crippen LogP contribution < -0.4 is 0 Å². The zero-order valence-corrected chi connectivity index (χ0v) is 41.3. The average molecular weight is 845 g/mol. The molecule has 1 saturated carbocycles. The SMILES string of the molecule is C1CCCCCCCCCCCCCCCCCCCCCCCCCCCCCCCCC1.CCO.CCO.CCO.CCO.CCO.CCO.CCO.CCO. The van der Waals surface area contributed by atoms with Crippen molar-refractivity contribution in [3.05, 3.63) is 0 Å². The van der Waals surface area contributed by atoms with Crippen molar-refractivity contribution in [2.24, 2.45) is 0 Å². The van der Waals surface area contributed by atoms with Gasteiger partial charge in [0.15, 0.2) is 0 Å². The lowest BCUT2D eigenvalue weighted by atomic mass is 10.0. The Kier molecular flexibility index (Phi) is 131. The Hall–Kier alpha value is -0.320. The van der Waals surface area contributed by atoms with E-state index in [9.17, 15) is 0 Å². The summed E-state index contributed by atoms with van der Waals surface area (Å²) in [7, 11) is 0. The third-order valence-corrected chi connectivity index (χ3v) is 8.50. The topological polar surface area (TPSA) is 162 Å². The molecule has 1 aliphatic rings. The minimum absolute atomic E-state index is 0.250. The molecule has 0 aromatic heterocycles. The van der Waals surface area contributed by atoms with Gasteiger partial charge in [-0.05, 0) is 55.4 Å². The third kappa shape index (κ3) is 147. The summed E-state index contributed by atoms with van der Waals surface area (Å²) >= 11 is 0. The first-order valence-electron chi connectivity index (χ1n) is 25.2. The van der Waals surface area contributed by atoms with Gasteiger partial charge in [0, 0.05) is 52.9 Å². The highest BCUT2D eigenvalue weighted by Gasteiger charge is 1.98. The van der Waals surface area contributed by atoms with Gasteiger partial charge in [0.05, 0.1) is 0 Å². The van der Waals surface area contributed by atoms with E-state index in [1.54, 1.807) is 55.4 Å². The zero-order chi connectivity index (χ0) is 45.7. The number of hydrogen-bond acceptors (Lipinski definition) is 8. The fourth-order valence-electron chi connectivity index (χ4n) is 6.01. The summed E-state index contributed by atoms with van der Waals surface area (Å²) in [6, 6.07) is 0. The molecule has 8 N–H and O–H groups in total. The summed E-state index contributed by atoms with van der Waals surface area (Å²) in [5.74, 6) is 0. The van der Waals surface area contributed by atoms with Crippen molar-refractivity contribution in [3.8, 4) is 0 Å². The highest BCUT2D eigenvalue weighted by atomic mass is 16.3. The molecule has 0 radical (unpaired) electrons. The molecule has 8 nitrogen and oxygen atoms in total. The van der Waals surface area contributed by atoms with Crippen molar-refractivity contribution in [2.45, 2.75) is 274 Å². The molecule has 0 aromatic carbocycles. The maximum absolute atomic E-state index is 7.57.